The fourth-order valence-corrected chi connectivity index (χ4v) is 3.60. The van der Waals surface area contributed by atoms with Crippen molar-refractivity contribution in [2.24, 2.45) is 0 Å². The molecule has 1 aliphatic carbocycles. The second-order valence-electron chi connectivity index (χ2n) is 5.67. The largest absolute Gasteiger partial charge is 0.354 e. The van der Waals surface area contributed by atoms with Gasteiger partial charge in [0.15, 0.2) is 6.04 Å². The van der Waals surface area contributed by atoms with Crippen LogP contribution in [0.5, 0.6) is 0 Å². The Balaban J connectivity index is 2.05. The predicted molar refractivity (Wildman–Crippen MR) is 61.8 cm³/mol. The molecule has 3 aliphatic rings. The van der Waals surface area contributed by atoms with Crippen LogP contribution in [0.1, 0.15) is 51.6 Å². The number of nitrogens with zero attached hydrogens (tertiary/aromatic N) is 1. The molecule has 1 aromatic carbocycles. The number of carbonyl (C=O) groups is 2. The monoisotopic (exact) mass is 228 g/mol. The quantitative estimate of drug-likeness (QED) is 0.386. The number of quaternary nitrogens is 1. The highest BCUT2D eigenvalue weighted by Crippen LogP contribution is 2.48. The molecular weight excluding hydrogens is 214 g/mol. The fourth-order valence-electron chi connectivity index (χ4n) is 3.60. The maximum Gasteiger partial charge on any atom is 0.354 e. The fraction of sp³-hybridized carbons (Fsp3) is 0.429. The zero-order valence-electron chi connectivity index (χ0n) is 9.99. The first-order valence-electron chi connectivity index (χ1n) is 6.20. The summed E-state index contributed by atoms with van der Waals surface area (Å²) < 4.78 is 0.0642. The molecular formula is C14H14NO2+. The first-order chi connectivity index (χ1) is 8.07. The van der Waals surface area contributed by atoms with E-state index in [1.54, 1.807) is 0 Å². The van der Waals surface area contributed by atoms with Crippen molar-refractivity contribution in [1.82, 2.24) is 0 Å². The van der Waals surface area contributed by atoms with Gasteiger partial charge in [0.25, 0.3) is 0 Å². The number of hydrogen-bond donors (Lipinski definition) is 0. The third-order valence-electron chi connectivity index (χ3n) is 4.73. The van der Waals surface area contributed by atoms with Crippen LogP contribution in [0, 0.1) is 0 Å². The third kappa shape index (κ3) is 0.825. The summed E-state index contributed by atoms with van der Waals surface area (Å²) in [5, 5.41) is 0. The molecule has 1 saturated heterocycles. The van der Waals surface area contributed by atoms with Crippen LogP contribution < -0.4 is 0 Å². The van der Waals surface area contributed by atoms with Crippen LogP contribution in [0.25, 0.3) is 0 Å². The van der Waals surface area contributed by atoms with Crippen LogP contribution in [-0.2, 0) is 6.42 Å². The van der Waals surface area contributed by atoms with Crippen molar-refractivity contribution >= 4 is 11.8 Å². The van der Waals surface area contributed by atoms with E-state index < -0.39 is 0 Å². The lowest BCUT2D eigenvalue weighted by Crippen LogP contribution is -2.45. The minimum atomic E-state index is 0.0330. The summed E-state index contributed by atoms with van der Waals surface area (Å²) in [6.45, 7) is 4.81. The minimum Gasteiger partial charge on any atom is -0.225 e. The van der Waals surface area contributed by atoms with E-state index in [1.807, 2.05) is 19.1 Å². The van der Waals surface area contributed by atoms with E-state index in [-0.39, 0.29) is 22.3 Å². The molecule has 86 valence electrons. The summed E-state index contributed by atoms with van der Waals surface area (Å²) in [5.41, 5.74) is 3.85. The van der Waals surface area contributed by atoms with Gasteiger partial charge in [-0.05, 0) is 36.5 Å². The van der Waals surface area contributed by atoms with Crippen LogP contribution in [0.4, 0.5) is 0 Å². The lowest BCUT2D eigenvalue weighted by Gasteiger charge is -2.22. The number of hydrogen-bond acceptors (Lipinski definition) is 2. The molecule has 0 N–H and O–H groups in total. The van der Waals surface area contributed by atoms with Gasteiger partial charge in [0.2, 0.25) is 0 Å². The predicted octanol–water partition coefficient (Wildman–Crippen LogP) is 1.86. The van der Waals surface area contributed by atoms with Gasteiger partial charge in [-0.25, -0.2) is 9.59 Å². The van der Waals surface area contributed by atoms with Gasteiger partial charge in [-0.3, -0.25) is 0 Å². The number of amides is 2. The van der Waals surface area contributed by atoms with Gasteiger partial charge >= 0.3 is 11.8 Å². The second kappa shape index (κ2) is 2.51. The maximum atomic E-state index is 12.6. The van der Waals surface area contributed by atoms with Crippen molar-refractivity contribution < 1.29 is 14.1 Å². The molecule has 2 amide bonds. The van der Waals surface area contributed by atoms with Gasteiger partial charge < -0.3 is 0 Å². The standard InChI is InChI=1S/C14H14NO2/c1-7-5-11-10-4-3-9(7)12(11)14(17)15(13(10)16)6-8(15)2/h3-4,7-8H,5-6H2,1-2H3/q+1. The van der Waals surface area contributed by atoms with Crippen LogP contribution in [0.3, 0.4) is 0 Å². The van der Waals surface area contributed by atoms with Crippen LogP contribution in [0.2, 0.25) is 0 Å². The zero-order chi connectivity index (χ0) is 11.9. The second-order valence-corrected chi connectivity index (χ2v) is 5.67. The topological polar surface area (TPSA) is 34.1 Å². The molecule has 3 nitrogen and oxygen atoms in total. The molecule has 17 heavy (non-hydrogen) atoms. The molecule has 3 heteroatoms. The number of rotatable bonds is 0. The smallest absolute Gasteiger partial charge is 0.225 e. The molecule has 1 spiro atoms. The first kappa shape index (κ1) is 9.54. The van der Waals surface area contributed by atoms with E-state index >= 15 is 0 Å². The van der Waals surface area contributed by atoms with Gasteiger partial charge in [-0.2, -0.15) is 4.48 Å². The normalized spacial score (nSPS) is 36.8. The summed E-state index contributed by atoms with van der Waals surface area (Å²) in [6, 6.07) is 4.07. The average molecular weight is 228 g/mol. The molecule has 0 radical (unpaired) electrons. The molecule has 3 unspecified atom stereocenters. The number of carbonyl (C=O) groups excluding carboxylic acids is 2. The highest BCUT2D eigenvalue weighted by molar-refractivity contribution is 6.11. The van der Waals surface area contributed by atoms with Crippen molar-refractivity contribution in [1.29, 1.82) is 0 Å². The Morgan fingerprint density at radius 2 is 1.88 bits per heavy atom. The van der Waals surface area contributed by atoms with E-state index in [4.69, 9.17) is 0 Å². The highest BCUT2D eigenvalue weighted by atomic mass is 16.2. The van der Waals surface area contributed by atoms with E-state index in [2.05, 4.69) is 6.92 Å². The average Bonchev–Trinajstić information content (AvgIpc) is 2.91. The van der Waals surface area contributed by atoms with Gasteiger partial charge in [0, 0.05) is 0 Å². The molecule has 2 aliphatic heterocycles. The Morgan fingerprint density at radius 1 is 1.18 bits per heavy atom. The van der Waals surface area contributed by atoms with Crippen molar-refractivity contribution in [2.45, 2.75) is 32.2 Å². The number of imide groups is 1. The summed E-state index contributed by atoms with van der Waals surface area (Å²) in [5.74, 6) is 0.481. The molecule has 4 bridgehead atoms. The molecule has 2 heterocycles. The van der Waals surface area contributed by atoms with Crippen molar-refractivity contribution in [3.63, 3.8) is 0 Å². The minimum absolute atomic E-state index is 0.0330. The lowest BCUT2D eigenvalue weighted by molar-refractivity contribution is -0.633. The summed E-state index contributed by atoms with van der Waals surface area (Å²) in [7, 11) is 0. The first-order valence-corrected chi connectivity index (χ1v) is 6.20. The Bertz CT molecular complexity index is 604. The van der Waals surface area contributed by atoms with Crippen molar-refractivity contribution in [3.05, 3.63) is 34.4 Å². The van der Waals surface area contributed by atoms with Gasteiger partial charge in [0.05, 0.1) is 11.1 Å². The van der Waals surface area contributed by atoms with E-state index in [0.717, 1.165) is 28.7 Å². The van der Waals surface area contributed by atoms with Crippen molar-refractivity contribution in [2.75, 3.05) is 6.54 Å². The van der Waals surface area contributed by atoms with Gasteiger partial charge in [0.1, 0.15) is 6.54 Å². The summed E-state index contributed by atoms with van der Waals surface area (Å²) >= 11 is 0. The molecule has 1 fully saturated rings. The highest BCUT2D eigenvalue weighted by Gasteiger charge is 2.68. The Morgan fingerprint density at radius 3 is 2.53 bits per heavy atom. The summed E-state index contributed by atoms with van der Waals surface area (Å²) in [6.07, 6.45) is 0.860. The lowest BCUT2D eigenvalue weighted by atomic mass is 9.95. The summed E-state index contributed by atoms with van der Waals surface area (Å²) in [4.78, 5) is 25.0. The molecule has 4 rings (SSSR count). The molecule has 3 atom stereocenters. The Hall–Kier alpha value is -1.48. The maximum absolute atomic E-state index is 12.6. The van der Waals surface area contributed by atoms with Gasteiger partial charge in [-0.1, -0.05) is 13.0 Å². The Kier molecular flexibility index (Phi) is 1.41. The van der Waals surface area contributed by atoms with Gasteiger partial charge in [-0.15, -0.1) is 0 Å². The van der Waals surface area contributed by atoms with Crippen LogP contribution in [0.15, 0.2) is 12.1 Å². The molecule has 0 saturated carbocycles. The molecule has 1 aromatic rings. The number of benzene rings is 1. The van der Waals surface area contributed by atoms with Crippen LogP contribution in [-0.4, -0.2) is 28.9 Å². The zero-order valence-corrected chi connectivity index (χ0v) is 9.99. The SMILES string of the molecule is CC1Cc2c3ccc1c2C(=O)[N+]1(CC1C)C3=O. The van der Waals surface area contributed by atoms with E-state index in [1.165, 1.54) is 0 Å². The van der Waals surface area contributed by atoms with Crippen LogP contribution >= 0.6 is 0 Å². The third-order valence-corrected chi connectivity index (χ3v) is 4.73. The Labute approximate surface area is 99.6 Å². The van der Waals surface area contributed by atoms with E-state index in [0.29, 0.717) is 12.5 Å². The van der Waals surface area contributed by atoms with Crippen molar-refractivity contribution in [3.8, 4) is 0 Å². The molecule has 0 aromatic heterocycles. The van der Waals surface area contributed by atoms with E-state index in [9.17, 15) is 9.59 Å².